The Hall–Kier alpha value is -2.71. The molecule has 2 heterocycles. The quantitative estimate of drug-likeness (QED) is 0.835. The number of nitrogens with one attached hydrogen (secondary N) is 1. The Morgan fingerprint density at radius 1 is 0.966 bits per heavy atom. The van der Waals surface area contributed by atoms with Crippen LogP contribution in [0.1, 0.15) is 35.7 Å². The maximum absolute atomic E-state index is 12.6. The van der Waals surface area contributed by atoms with Crippen molar-refractivity contribution in [3.05, 3.63) is 53.6 Å². The predicted molar refractivity (Wildman–Crippen MR) is 111 cm³/mol. The molecule has 29 heavy (non-hydrogen) atoms. The number of sulfonamides is 1. The summed E-state index contributed by atoms with van der Waals surface area (Å²) in [7, 11) is -3.50. The Bertz CT molecular complexity index is 1060. The second-order valence-electron chi connectivity index (χ2n) is 7.35. The van der Waals surface area contributed by atoms with Gasteiger partial charge in [0.15, 0.2) is 0 Å². The lowest BCUT2D eigenvalue weighted by molar-refractivity contribution is -0.116. The minimum atomic E-state index is -3.50. The molecule has 1 fully saturated rings. The van der Waals surface area contributed by atoms with Crippen LogP contribution in [-0.2, 0) is 21.2 Å². The Morgan fingerprint density at radius 3 is 2.31 bits per heavy atom. The molecule has 0 spiro atoms. The molecule has 4 rings (SSSR count). The molecule has 2 aliphatic heterocycles. The Labute approximate surface area is 170 Å². The summed E-state index contributed by atoms with van der Waals surface area (Å²) in [6.45, 7) is 3.26. The third kappa shape index (κ3) is 3.77. The normalized spacial score (nSPS) is 16.7. The van der Waals surface area contributed by atoms with Crippen LogP contribution in [0, 0.1) is 0 Å². The lowest BCUT2D eigenvalue weighted by Crippen LogP contribution is -2.27. The van der Waals surface area contributed by atoms with Gasteiger partial charge in [-0.05, 0) is 61.2 Å². The lowest BCUT2D eigenvalue weighted by Gasteiger charge is -2.16. The Kier molecular flexibility index (Phi) is 5.14. The van der Waals surface area contributed by atoms with Gasteiger partial charge in [-0.15, -0.1) is 0 Å². The maximum atomic E-state index is 12.6. The number of fused-ring (bicyclic) bond motifs is 1. The van der Waals surface area contributed by atoms with Crippen LogP contribution in [0.25, 0.3) is 0 Å². The number of hydrogen-bond donors (Lipinski definition) is 1. The Balaban J connectivity index is 1.50. The van der Waals surface area contributed by atoms with Gasteiger partial charge in [0.25, 0.3) is 5.91 Å². The summed E-state index contributed by atoms with van der Waals surface area (Å²) in [5, 5.41) is 2.82. The van der Waals surface area contributed by atoms with Crippen molar-refractivity contribution in [2.45, 2.75) is 31.1 Å². The third-order valence-electron chi connectivity index (χ3n) is 5.44. The van der Waals surface area contributed by atoms with Gasteiger partial charge in [-0.1, -0.05) is 6.07 Å². The molecule has 0 unspecified atom stereocenters. The van der Waals surface area contributed by atoms with Crippen molar-refractivity contribution in [3.8, 4) is 0 Å². The molecule has 2 aromatic rings. The van der Waals surface area contributed by atoms with E-state index in [1.54, 1.807) is 11.0 Å². The molecule has 0 aliphatic carbocycles. The average molecular weight is 413 g/mol. The van der Waals surface area contributed by atoms with E-state index in [0.717, 1.165) is 30.5 Å². The highest BCUT2D eigenvalue weighted by atomic mass is 32.2. The smallest absolute Gasteiger partial charge is 0.255 e. The first-order valence-electron chi connectivity index (χ1n) is 9.69. The minimum absolute atomic E-state index is 0.0259. The summed E-state index contributed by atoms with van der Waals surface area (Å²) >= 11 is 0. The van der Waals surface area contributed by atoms with Crippen LogP contribution in [0.4, 0.5) is 11.4 Å². The molecule has 0 radical (unpaired) electrons. The van der Waals surface area contributed by atoms with Gasteiger partial charge in [-0.2, -0.15) is 4.31 Å². The first-order chi connectivity index (χ1) is 13.9. The summed E-state index contributed by atoms with van der Waals surface area (Å²) < 4.78 is 26.7. The van der Waals surface area contributed by atoms with Crippen molar-refractivity contribution in [3.63, 3.8) is 0 Å². The molecule has 0 atom stereocenters. The van der Waals surface area contributed by atoms with Gasteiger partial charge >= 0.3 is 0 Å². The number of rotatable bonds is 4. The molecule has 1 saturated heterocycles. The fraction of sp³-hybridized carbons (Fsp3) is 0.333. The zero-order valence-electron chi connectivity index (χ0n) is 16.2. The molecule has 0 saturated carbocycles. The van der Waals surface area contributed by atoms with Crippen LogP contribution < -0.4 is 10.2 Å². The monoisotopic (exact) mass is 413 g/mol. The van der Waals surface area contributed by atoms with Crippen LogP contribution in [0.2, 0.25) is 0 Å². The number of amides is 2. The van der Waals surface area contributed by atoms with E-state index in [0.29, 0.717) is 30.9 Å². The van der Waals surface area contributed by atoms with E-state index < -0.39 is 10.0 Å². The minimum Gasteiger partial charge on any atom is -0.322 e. The fourth-order valence-corrected chi connectivity index (χ4v) is 5.36. The SMILES string of the molecule is CC(=O)N1CCc2ccc(NC(=O)c3ccc(S(=O)(=O)N4CCCC4)cc3)cc21. The zero-order valence-corrected chi connectivity index (χ0v) is 17.0. The number of carbonyl (C=O) groups excluding carboxylic acids is 2. The maximum Gasteiger partial charge on any atom is 0.255 e. The predicted octanol–water partition coefficient (Wildman–Crippen LogP) is 2.63. The van der Waals surface area contributed by atoms with Crippen LogP contribution >= 0.6 is 0 Å². The van der Waals surface area contributed by atoms with Gasteiger partial charge in [-0.25, -0.2) is 8.42 Å². The number of anilines is 2. The van der Waals surface area contributed by atoms with Crippen LogP contribution in [0.5, 0.6) is 0 Å². The lowest BCUT2D eigenvalue weighted by atomic mass is 10.1. The molecule has 2 amide bonds. The molecule has 2 aromatic carbocycles. The number of nitrogens with zero attached hydrogens (tertiary/aromatic N) is 2. The van der Waals surface area contributed by atoms with Gasteiger partial charge in [0.2, 0.25) is 15.9 Å². The molecular weight excluding hydrogens is 390 g/mol. The van der Waals surface area contributed by atoms with Crippen molar-refractivity contribution in [1.29, 1.82) is 0 Å². The molecule has 0 bridgehead atoms. The van der Waals surface area contributed by atoms with Gasteiger partial charge < -0.3 is 10.2 Å². The molecule has 2 aliphatic rings. The molecule has 8 heteroatoms. The fourth-order valence-electron chi connectivity index (χ4n) is 3.84. The van der Waals surface area contributed by atoms with Gasteiger partial charge in [0.05, 0.1) is 4.90 Å². The summed E-state index contributed by atoms with van der Waals surface area (Å²) in [6.07, 6.45) is 2.55. The second kappa shape index (κ2) is 7.61. The zero-order chi connectivity index (χ0) is 20.6. The highest BCUT2D eigenvalue weighted by Crippen LogP contribution is 2.31. The van der Waals surface area contributed by atoms with E-state index >= 15 is 0 Å². The number of hydrogen-bond acceptors (Lipinski definition) is 4. The highest BCUT2D eigenvalue weighted by Gasteiger charge is 2.27. The molecule has 7 nitrogen and oxygen atoms in total. The summed E-state index contributed by atoms with van der Waals surface area (Å²) in [5.74, 6) is -0.357. The number of benzene rings is 2. The van der Waals surface area contributed by atoms with Crippen molar-refractivity contribution < 1.29 is 18.0 Å². The summed E-state index contributed by atoms with van der Waals surface area (Å²) in [5.41, 5.74) is 2.86. The highest BCUT2D eigenvalue weighted by molar-refractivity contribution is 7.89. The second-order valence-corrected chi connectivity index (χ2v) is 9.29. The molecular formula is C21H23N3O4S. The van der Waals surface area contributed by atoms with Crippen LogP contribution in [0.3, 0.4) is 0 Å². The van der Waals surface area contributed by atoms with Crippen LogP contribution in [0.15, 0.2) is 47.4 Å². The van der Waals surface area contributed by atoms with E-state index in [-0.39, 0.29) is 16.7 Å². The first-order valence-corrected chi connectivity index (χ1v) is 11.1. The third-order valence-corrected chi connectivity index (χ3v) is 7.35. The largest absolute Gasteiger partial charge is 0.322 e. The van der Waals surface area contributed by atoms with Crippen LogP contribution in [-0.4, -0.2) is 44.2 Å². The van der Waals surface area contributed by atoms with Gasteiger partial charge in [0.1, 0.15) is 0 Å². The van der Waals surface area contributed by atoms with E-state index in [2.05, 4.69) is 5.32 Å². The van der Waals surface area contributed by atoms with E-state index in [9.17, 15) is 18.0 Å². The molecule has 1 N–H and O–H groups in total. The first kappa shape index (κ1) is 19.6. The van der Waals surface area contributed by atoms with E-state index in [1.807, 2.05) is 12.1 Å². The summed E-state index contributed by atoms with van der Waals surface area (Å²) in [6, 6.07) is 11.5. The standard InChI is InChI=1S/C21H23N3O4S/c1-15(25)24-13-10-16-4-7-18(14-20(16)24)22-21(26)17-5-8-19(9-6-17)29(27,28)23-11-2-3-12-23/h4-9,14H,2-3,10-13H2,1H3,(H,22,26). The number of carbonyl (C=O) groups is 2. The van der Waals surface area contributed by atoms with Gasteiger partial charge in [-0.3, -0.25) is 9.59 Å². The van der Waals surface area contributed by atoms with E-state index in [1.165, 1.54) is 35.5 Å². The van der Waals surface area contributed by atoms with Crippen molar-refractivity contribution in [1.82, 2.24) is 4.31 Å². The van der Waals surface area contributed by atoms with Crippen molar-refractivity contribution in [2.24, 2.45) is 0 Å². The van der Waals surface area contributed by atoms with Crippen molar-refractivity contribution in [2.75, 3.05) is 29.9 Å². The topological polar surface area (TPSA) is 86.8 Å². The summed E-state index contributed by atoms with van der Waals surface area (Å²) in [4.78, 5) is 26.3. The molecule has 152 valence electrons. The van der Waals surface area contributed by atoms with Crippen molar-refractivity contribution >= 4 is 33.2 Å². The Morgan fingerprint density at radius 2 is 1.66 bits per heavy atom. The van der Waals surface area contributed by atoms with Gasteiger partial charge in [0, 0.05) is 43.5 Å². The van der Waals surface area contributed by atoms with E-state index in [4.69, 9.17) is 0 Å². The average Bonchev–Trinajstić information content (AvgIpc) is 3.38. The molecule has 0 aromatic heterocycles.